The molecular weight excluding hydrogens is 294 g/mol. The number of benzene rings is 2. The Morgan fingerprint density at radius 3 is 2.39 bits per heavy atom. The van der Waals surface area contributed by atoms with Crippen molar-refractivity contribution in [3.63, 3.8) is 0 Å². The molecule has 0 amide bonds. The van der Waals surface area contributed by atoms with Gasteiger partial charge in [0.25, 0.3) is 0 Å². The van der Waals surface area contributed by atoms with Crippen LogP contribution < -0.4 is 9.80 Å². The van der Waals surface area contributed by atoms with E-state index >= 15 is 0 Å². The van der Waals surface area contributed by atoms with Gasteiger partial charge >= 0.3 is 0 Å². The molecule has 122 valence electrons. The molecule has 3 rings (SSSR count). The van der Waals surface area contributed by atoms with Crippen LogP contribution in [0.2, 0.25) is 0 Å². The van der Waals surface area contributed by atoms with Gasteiger partial charge in [-0.25, -0.2) is 8.78 Å². The fraction of sp³-hybridized carbons (Fsp3) is 0.368. The van der Waals surface area contributed by atoms with Gasteiger partial charge in [0, 0.05) is 11.3 Å². The maximum absolute atomic E-state index is 13.3. The van der Waals surface area contributed by atoms with E-state index in [0.29, 0.717) is 0 Å². The molecule has 0 radical (unpaired) electrons. The van der Waals surface area contributed by atoms with Crippen LogP contribution in [0.5, 0.6) is 0 Å². The molecule has 0 saturated carbocycles. The summed E-state index contributed by atoms with van der Waals surface area (Å²) in [4.78, 5) is 3.84. The van der Waals surface area contributed by atoms with E-state index in [0.717, 1.165) is 38.3 Å². The average molecular weight is 317 g/mol. The standard InChI is InChI=1S/C19H22F2N2/c1-14-3-4-15(2)19(11-14)23-9-7-22(8-10-23)13-16-5-6-17(20)18(21)12-16/h3-6,11-12H,7-10,13H2,1-2H3/p+1. The van der Waals surface area contributed by atoms with Gasteiger partial charge in [0.05, 0.1) is 26.2 Å². The molecule has 1 heterocycles. The van der Waals surface area contributed by atoms with Gasteiger partial charge in [-0.2, -0.15) is 0 Å². The Morgan fingerprint density at radius 1 is 0.957 bits per heavy atom. The van der Waals surface area contributed by atoms with Gasteiger partial charge in [0.15, 0.2) is 11.6 Å². The maximum atomic E-state index is 13.3. The number of quaternary nitrogens is 1. The quantitative estimate of drug-likeness (QED) is 0.914. The Hall–Kier alpha value is -1.94. The predicted molar refractivity (Wildman–Crippen MR) is 88.9 cm³/mol. The average Bonchev–Trinajstić information content (AvgIpc) is 2.54. The monoisotopic (exact) mass is 317 g/mol. The van der Waals surface area contributed by atoms with Crippen LogP contribution in [0.15, 0.2) is 36.4 Å². The molecule has 2 aromatic carbocycles. The lowest BCUT2D eigenvalue weighted by atomic mass is 10.1. The SMILES string of the molecule is Cc1ccc(C)c(N2CC[NH+](Cc3ccc(F)c(F)c3)CC2)c1. The molecule has 1 fully saturated rings. The van der Waals surface area contributed by atoms with Gasteiger partial charge in [-0.3, -0.25) is 0 Å². The zero-order valence-corrected chi connectivity index (χ0v) is 13.7. The molecule has 23 heavy (non-hydrogen) atoms. The Morgan fingerprint density at radius 2 is 1.70 bits per heavy atom. The van der Waals surface area contributed by atoms with Crippen molar-refractivity contribution in [3.05, 3.63) is 64.7 Å². The number of hydrogen-bond acceptors (Lipinski definition) is 1. The summed E-state index contributed by atoms with van der Waals surface area (Å²) in [7, 11) is 0. The topological polar surface area (TPSA) is 7.68 Å². The molecule has 0 bridgehead atoms. The number of nitrogens with zero attached hydrogens (tertiary/aromatic N) is 1. The van der Waals surface area contributed by atoms with Crippen molar-refractivity contribution in [1.29, 1.82) is 0 Å². The molecule has 0 aliphatic carbocycles. The van der Waals surface area contributed by atoms with Gasteiger partial charge in [-0.05, 0) is 43.2 Å². The minimum absolute atomic E-state index is 0.748. The van der Waals surface area contributed by atoms with E-state index in [1.165, 1.54) is 33.8 Å². The largest absolute Gasteiger partial charge is 0.360 e. The van der Waals surface area contributed by atoms with Gasteiger partial charge < -0.3 is 9.80 Å². The van der Waals surface area contributed by atoms with Crippen LogP contribution in [0.3, 0.4) is 0 Å². The summed E-state index contributed by atoms with van der Waals surface area (Å²) < 4.78 is 26.3. The fourth-order valence-corrected chi connectivity index (χ4v) is 3.24. The lowest BCUT2D eigenvalue weighted by Crippen LogP contribution is -3.13. The summed E-state index contributed by atoms with van der Waals surface area (Å²) in [6.45, 7) is 9.01. The first kappa shape index (κ1) is 15.9. The number of aryl methyl sites for hydroxylation is 2. The highest BCUT2D eigenvalue weighted by Crippen LogP contribution is 2.21. The van der Waals surface area contributed by atoms with Crippen molar-refractivity contribution in [2.24, 2.45) is 0 Å². The zero-order valence-electron chi connectivity index (χ0n) is 13.7. The summed E-state index contributed by atoms with van der Waals surface area (Å²) in [6, 6.07) is 10.8. The highest BCUT2D eigenvalue weighted by molar-refractivity contribution is 5.55. The molecule has 4 heteroatoms. The molecule has 0 unspecified atom stereocenters. The maximum Gasteiger partial charge on any atom is 0.159 e. The van der Waals surface area contributed by atoms with E-state index in [4.69, 9.17) is 0 Å². The Labute approximate surface area is 136 Å². The van der Waals surface area contributed by atoms with E-state index in [1.807, 2.05) is 0 Å². The summed E-state index contributed by atoms with van der Waals surface area (Å²) in [5.41, 5.74) is 4.76. The number of rotatable bonds is 3. The van der Waals surface area contributed by atoms with Crippen LogP contribution >= 0.6 is 0 Å². The lowest BCUT2D eigenvalue weighted by Gasteiger charge is -2.34. The third kappa shape index (κ3) is 3.70. The van der Waals surface area contributed by atoms with Crippen molar-refractivity contribution in [3.8, 4) is 0 Å². The van der Waals surface area contributed by atoms with E-state index in [-0.39, 0.29) is 0 Å². The van der Waals surface area contributed by atoms with E-state index in [9.17, 15) is 8.78 Å². The summed E-state index contributed by atoms with van der Waals surface area (Å²) in [5.74, 6) is -1.53. The van der Waals surface area contributed by atoms with E-state index < -0.39 is 11.6 Å². The molecule has 2 aromatic rings. The fourth-order valence-electron chi connectivity index (χ4n) is 3.24. The second kappa shape index (κ2) is 6.67. The molecule has 1 aliphatic rings. The first-order chi connectivity index (χ1) is 11.0. The summed E-state index contributed by atoms with van der Waals surface area (Å²) in [5, 5.41) is 0. The molecule has 0 spiro atoms. The van der Waals surface area contributed by atoms with Gasteiger partial charge in [0.2, 0.25) is 0 Å². The van der Waals surface area contributed by atoms with Crippen molar-refractivity contribution in [1.82, 2.24) is 0 Å². The summed E-state index contributed by atoms with van der Waals surface area (Å²) >= 11 is 0. The van der Waals surface area contributed by atoms with E-state index in [2.05, 4.69) is 36.9 Å². The second-order valence-corrected chi connectivity index (χ2v) is 6.45. The van der Waals surface area contributed by atoms with Gasteiger partial charge in [-0.1, -0.05) is 18.2 Å². The van der Waals surface area contributed by atoms with E-state index in [1.54, 1.807) is 6.07 Å². The highest BCUT2D eigenvalue weighted by Gasteiger charge is 2.21. The zero-order chi connectivity index (χ0) is 16.4. The molecule has 0 aromatic heterocycles. The number of nitrogens with one attached hydrogen (secondary N) is 1. The lowest BCUT2D eigenvalue weighted by molar-refractivity contribution is -0.914. The minimum atomic E-state index is -0.775. The van der Waals surface area contributed by atoms with Crippen molar-refractivity contribution < 1.29 is 13.7 Å². The number of hydrogen-bond donors (Lipinski definition) is 1. The van der Waals surface area contributed by atoms with Crippen LogP contribution in [0.25, 0.3) is 0 Å². The molecule has 1 aliphatic heterocycles. The number of piperazine rings is 1. The Balaban J connectivity index is 1.62. The molecular formula is C19H23F2N2+. The first-order valence-electron chi connectivity index (χ1n) is 8.12. The summed E-state index contributed by atoms with van der Waals surface area (Å²) in [6.07, 6.45) is 0. The number of anilines is 1. The Bertz CT molecular complexity index is 692. The van der Waals surface area contributed by atoms with Crippen molar-refractivity contribution in [2.75, 3.05) is 31.1 Å². The normalized spacial score (nSPS) is 15.9. The van der Waals surface area contributed by atoms with Gasteiger partial charge in [-0.15, -0.1) is 0 Å². The third-order valence-electron chi connectivity index (χ3n) is 4.61. The highest BCUT2D eigenvalue weighted by atomic mass is 19.2. The first-order valence-corrected chi connectivity index (χ1v) is 8.12. The molecule has 2 nitrogen and oxygen atoms in total. The molecule has 1 N–H and O–H groups in total. The third-order valence-corrected chi connectivity index (χ3v) is 4.61. The van der Waals surface area contributed by atoms with Gasteiger partial charge in [0.1, 0.15) is 6.54 Å². The minimum Gasteiger partial charge on any atom is -0.360 e. The second-order valence-electron chi connectivity index (χ2n) is 6.45. The van der Waals surface area contributed by atoms with Crippen molar-refractivity contribution >= 4 is 5.69 Å². The molecule has 0 atom stereocenters. The van der Waals surface area contributed by atoms with Crippen LogP contribution in [-0.2, 0) is 6.54 Å². The van der Waals surface area contributed by atoms with Crippen LogP contribution in [0.1, 0.15) is 16.7 Å². The molecule has 1 saturated heterocycles. The predicted octanol–water partition coefficient (Wildman–Crippen LogP) is 2.49. The smallest absolute Gasteiger partial charge is 0.159 e. The van der Waals surface area contributed by atoms with Crippen LogP contribution in [0, 0.1) is 25.5 Å². The Kier molecular flexibility index (Phi) is 4.62. The van der Waals surface area contributed by atoms with Crippen LogP contribution in [-0.4, -0.2) is 26.2 Å². The number of halogens is 2. The van der Waals surface area contributed by atoms with Crippen LogP contribution in [0.4, 0.5) is 14.5 Å². The van der Waals surface area contributed by atoms with Crippen molar-refractivity contribution in [2.45, 2.75) is 20.4 Å².